The normalized spacial score (nSPS) is 15.0. The summed E-state index contributed by atoms with van der Waals surface area (Å²) >= 11 is 0. The van der Waals surface area contributed by atoms with Crippen LogP contribution in [0.25, 0.3) is 0 Å². The molecule has 0 bridgehead atoms. The highest BCUT2D eigenvalue weighted by Gasteiger charge is 2.33. The van der Waals surface area contributed by atoms with Crippen LogP contribution in [0.4, 0.5) is 0 Å². The smallest absolute Gasteiger partial charge is 0.337 e. The van der Waals surface area contributed by atoms with Gasteiger partial charge in [-0.2, -0.15) is 0 Å². The lowest BCUT2D eigenvalue weighted by Crippen LogP contribution is -2.40. The fourth-order valence-electron chi connectivity index (χ4n) is 4.19. The molecule has 0 radical (unpaired) electrons. The summed E-state index contributed by atoms with van der Waals surface area (Å²) in [7, 11) is 4.56. The van der Waals surface area contributed by atoms with Crippen molar-refractivity contribution in [3.05, 3.63) is 94.5 Å². The molecule has 1 atom stereocenters. The maximum absolute atomic E-state index is 13.6. The number of fused-ring (bicyclic) bond motifs is 1. The van der Waals surface area contributed by atoms with Crippen LogP contribution in [-0.2, 0) is 11.2 Å². The number of amides is 1. The van der Waals surface area contributed by atoms with E-state index in [0.29, 0.717) is 35.6 Å². The van der Waals surface area contributed by atoms with Crippen LogP contribution in [-0.4, -0.2) is 44.7 Å². The lowest BCUT2D eigenvalue weighted by atomic mass is 9.87. The van der Waals surface area contributed by atoms with E-state index in [1.807, 2.05) is 47.4 Å². The first-order valence-electron chi connectivity index (χ1n) is 10.4. The van der Waals surface area contributed by atoms with Crippen molar-refractivity contribution in [3.63, 3.8) is 0 Å². The van der Waals surface area contributed by atoms with Crippen LogP contribution in [0.5, 0.6) is 11.5 Å². The molecule has 0 saturated heterocycles. The number of benzene rings is 3. The predicted molar refractivity (Wildman–Crippen MR) is 120 cm³/mol. The maximum atomic E-state index is 13.6. The zero-order chi connectivity index (χ0) is 22.7. The molecular formula is C26H25NO5. The first-order chi connectivity index (χ1) is 15.6. The molecular weight excluding hydrogens is 406 g/mol. The Morgan fingerprint density at radius 3 is 2.09 bits per heavy atom. The highest BCUT2D eigenvalue weighted by Crippen LogP contribution is 2.41. The zero-order valence-corrected chi connectivity index (χ0v) is 18.3. The lowest BCUT2D eigenvalue weighted by molar-refractivity contribution is 0.0599. The monoisotopic (exact) mass is 431 g/mol. The molecule has 6 nitrogen and oxygen atoms in total. The van der Waals surface area contributed by atoms with Gasteiger partial charge in [0.2, 0.25) is 0 Å². The van der Waals surface area contributed by atoms with Gasteiger partial charge in [-0.15, -0.1) is 0 Å². The Labute approximate surface area is 187 Å². The number of ether oxygens (including phenoxy) is 3. The first-order valence-corrected chi connectivity index (χ1v) is 10.4. The third kappa shape index (κ3) is 3.91. The van der Waals surface area contributed by atoms with Crippen LogP contribution in [0, 0.1) is 0 Å². The molecule has 1 aliphatic rings. The Hall–Kier alpha value is -3.80. The molecule has 6 heteroatoms. The van der Waals surface area contributed by atoms with Gasteiger partial charge < -0.3 is 19.1 Å². The minimum atomic E-state index is -0.431. The molecule has 1 amide bonds. The van der Waals surface area contributed by atoms with Crippen molar-refractivity contribution in [2.24, 2.45) is 0 Å². The summed E-state index contributed by atoms with van der Waals surface area (Å²) in [6, 6.07) is 20.2. The van der Waals surface area contributed by atoms with E-state index in [9.17, 15) is 9.59 Å². The largest absolute Gasteiger partial charge is 0.493 e. The van der Waals surface area contributed by atoms with Crippen LogP contribution < -0.4 is 9.47 Å². The van der Waals surface area contributed by atoms with Crippen molar-refractivity contribution in [3.8, 4) is 11.5 Å². The van der Waals surface area contributed by atoms with Gasteiger partial charge in [-0.05, 0) is 59.5 Å². The zero-order valence-electron chi connectivity index (χ0n) is 18.3. The van der Waals surface area contributed by atoms with E-state index in [1.54, 1.807) is 38.5 Å². The average molecular weight is 431 g/mol. The number of rotatable bonds is 5. The quantitative estimate of drug-likeness (QED) is 0.564. The fraction of sp³-hybridized carbons (Fsp3) is 0.231. The summed E-state index contributed by atoms with van der Waals surface area (Å²) in [6.07, 6.45) is 0.699. The highest BCUT2D eigenvalue weighted by atomic mass is 16.5. The van der Waals surface area contributed by atoms with Gasteiger partial charge in [-0.25, -0.2) is 4.79 Å². The fourth-order valence-corrected chi connectivity index (χ4v) is 4.19. The third-order valence-corrected chi connectivity index (χ3v) is 5.80. The molecule has 0 spiro atoms. The number of methoxy groups -OCH3 is 3. The van der Waals surface area contributed by atoms with Gasteiger partial charge in [0.15, 0.2) is 11.5 Å². The Morgan fingerprint density at radius 2 is 1.47 bits per heavy atom. The average Bonchev–Trinajstić information content (AvgIpc) is 2.86. The SMILES string of the molecule is COC(=O)c1ccc(C(=O)N2CCc3cc(OC)c(OC)cc3[C@@H]2c2ccccc2)cc1. The minimum Gasteiger partial charge on any atom is -0.493 e. The van der Waals surface area contributed by atoms with Gasteiger partial charge in [0.05, 0.1) is 32.9 Å². The molecule has 0 saturated carbocycles. The van der Waals surface area contributed by atoms with E-state index in [-0.39, 0.29) is 11.9 Å². The molecule has 32 heavy (non-hydrogen) atoms. The first kappa shape index (κ1) is 21.4. The molecule has 0 aromatic heterocycles. The lowest BCUT2D eigenvalue weighted by Gasteiger charge is -2.38. The molecule has 0 unspecified atom stereocenters. The second kappa shape index (κ2) is 9.14. The molecule has 0 aliphatic carbocycles. The van der Waals surface area contributed by atoms with Gasteiger partial charge in [0.1, 0.15) is 0 Å². The van der Waals surface area contributed by atoms with Gasteiger partial charge in [-0.1, -0.05) is 30.3 Å². The third-order valence-electron chi connectivity index (χ3n) is 5.80. The van der Waals surface area contributed by atoms with Crippen LogP contribution >= 0.6 is 0 Å². The van der Waals surface area contributed by atoms with Crippen molar-refractivity contribution in [1.29, 1.82) is 0 Å². The highest BCUT2D eigenvalue weighted by molar-refractivity contribution is 5.96. The van der Waals surface area contributed by atoms with Crippen LogP contribution in [0.1, 0.15) is 43.4 Å². The molecule has 3 aromatic carbocycles. The van der Waals surface area contributed by atoms with Crippen LogP contribution in [0.2, 0.25) is 0 Å². The molecule has 4 rings (SSSR count). The van der Waals surface area contributed by atoms with E-state index in [4.69, 9.17) is 14.2 Å². The molecule has 3 aromatic rings. The summed E-state index contributed by atoms with van der Waals surface area (Å²) in [5, 5.41) is 0. The van der Waals surface area contributed by atoms with E-state index < -0.39 is 5.97 Å². The van der Waals surface area contributed by atoms with Crippen LogP contribution in [0.15, 0.2) is 66.7 Å². The van der Waals surface area contributed by atoms with Gasteiger partial charge in [0.25, 0.3) is 5.91 Å². The number of nitrogens with zero attached hydrogens (tertiary/aromatic N) is 1. The maximum Gasteiger partial charge on any atom is 0.337 e. The molecule has 0 N–H and O–H groups in total. The summed E-state index contributed by atoms with van der Waals surface area (Å²) in [4.78, 5) is 27.2. The van der Waals surface area contributed by atoms with E-state index in [1.165, 1.54) is 7.11 Å². The second-order valence-corrected chi connectivity index (χ2v) is 7.54. The van der Waals surface area contributed by atoms with Gasteiger partial charge in [0, 0.05) is 12.1 Å². The predicted octanol–water partition coefficient (Wildman–Crippen LogP) is 4.28. The van der Waals surface area contributed by atoms with Gasteiger partial charge in [-0.3, -0.25) is 4.79 Å². The van der Waals surface area contributed by atoms with E-state index >= 15 is 0 Å². The van der Waals surface area contributed by atoms with E-state index in [0.717, 1.165) is 16.7 Å². The Morgan fingerprint density at radius 1 is 0.844 bits per heavy atom. The summed E-state index contributed by atoms with van der Waals surface area (Å²) in [6.45, 7) is 0.555. The number of esters is 1. The number of carbonyl (C=O) groups excluding carboxylic acids is 2. The minimum absolute atomic E-state index is 0.101. The van der Waals surface area contributed by atoms with Crippen molar-refractivity contribution in [2.45, 2.75) is 12.5 Å². The molecule has 1 aliphatic heterocycles. The van der Waals surface area contributed by atoms with E-state index in [2.05, 4.69) is 0 Å². The van der Waals surface area contributed by atoms with Gasteiger partial charge >= 0.3 is 5.97 Å². The Kier molecular flexibility index (Phi) is 6.12. The van der Waals surface area contributed by atoms with Crippen molar-refractivity contribution in [2.75, 3.05) is 27.9 Å². The van der Waals surface area contributed by atoms with Crippen molar-refractivity contribution >= 4 is 11.9 Å². The number of hydrogen-bond acceptors (Lipinski definition) is 5. The standard InChI is InChI=1S/C26H25NO5/c1-30-22-15-20-13-14-27(25(28)18-9-11-19(12-10-18)26(29)32-3)24(17-7-5-4-6-8-17)21(20)16-23(22)31-2/h4-12,15-16,24H,13-14H2,1-3H3/t24-/m0/s1. The molecule has 0 fully saturated rings. The molecule has 164 valence electrons. The summed E-state index contributed by atoms with van der Waals surface area (Å²) in [5.74, 6) is 0.773. The molecule has 1 heterocycles. The second-order valence-electron chi connectivity index (χ2n) is 7.54. The Balaban J connectivity index is 1.77. The summed E-state index contributed by atoms with van der Waals surface area (Å²) in [5.41, 5.74) is 4.08. The number of carbonyl (C=O) groups is 2. The summed E-state index contributed by atoms with van der Waals surface area (Å²) < 4.78 is 15.8. The topological polar surface area (TPSA) is 65.1 Å². The van der Waals surface area contributed by atoms with Crippen molar-refractivity contribution < 1.29 is 23.8 Å². The van der Waals surface area contributed by atoms with Crippen LogP contribution in [0.3, 0.4) is 0 Å². The van der Waals surface area contributed by atoms with Crippen molar-refractivity contribution in [1.82, 2.24) is 4.90 Å². The number of hydrogen-bond donors (Lipinski definition) is 0. The Bertz CT molecular complexity index is 1120.